The van der Waals surface area contributed by atoms with Crippen LogP contribution in [-0.4, -0.2) is 23.1 Å². The molecule has 1 amide bonds. The van der Waals surface area contributed by atoms with E-state index in [-0.39, 0.29) is 11.6 Å². The van der Waals surface area contributed by atoms with Gasteiger partial charge in [-0.3, -0.25) is 4.90 Å². The second-order valence-corrected chi connectivity index (χ2v) is 5.35. The van der Waals surface area contributed by atoms with Crippen LogP contribution < -0.4 is 0 Å². The number of ether oxygens (including phenoxy) is 1. The Balaban J connectivity index is 2.24. The number of cyclic esters (lactones) is 1. The minimum Gasteiger partial charge on any atom is -0.412 e. The van der Waals surface area contributed by atoms with Crippen molar-refractivity contribution >= 4 is 12.2 Å². The Morgan fingerprint density at radius 2 is 1.95 bits per heavy atom. The van der Waals surface area contributed by atoms with Crippen molar-refractivity contribution in [1.82, 2.24) is 4.90 Å². The van der Waals surface area contributed by atoms with Gasteiger partial charge >= 0.3 is 6.09 Å². The Morgan fingerprint density at radius 1 is 1.26 bits per heavy atom. The Morgan fingerprint density at radius 3 is 2.58 bits per heavy atom. The fraction of sp³-hybridized carbons (Fsp3) is 0.438. The van der Waals surface area contributed by atoms with Crippen molar-refractivity contribution in [1.29, 1.82) is 0 Å². The van der Waals surface area contributed by atoms with Gasteiger partial charge in [0.25, 0.3) is 0 Å². The number of hydrogen-bond donors (Lipinski definition) is 0. The van der Waals surface area contributed by atoms with Crippen LogP contribution >= 0.6 is 0 Å². The third kappa shape index (κ3) is 2.80. The van der Waals surface area contributed by atoms with Crippen molar-refractivity contribution in [2.75, 3.05) is 6.54 Å². The van der Waals surface area contributed by atoms with Crippen molar-refractivity contribution in [3.8, 4) is 0 Å². The van der Waals surface area contributed by atoms with E-state index in [2.05, 4.69) is 6.92 Å². The topological polar surface area (TPSA) is 29.5 Å². The second-order valence-electron chi connectivity index (χ2n) is 5.35. The van der Waals surface area contributed by atoms with Crippen LogP contribution in [0.15, 0.2) is 36.1 Å². The normalized spacial score (nSPS) is 19.8. The van der Waals surface area contributed by atoms with Gasteiger partial charge in [0.2, 0.25) is 0 Å². The summed E-state index contributed by atoms with van der Waals surface area (Å²) in [5, 5.41) is 0. The lowest BCUT2D eigenvalue weighted by molar-refractivity contribution is 0.156. The monoisotopic (exact) mass is 259 g/mol. The van der Waals surface area contributed by atoms with Gasteiger partial charge < -0.3 is 4.74 Å². The van der Waals surface area contributed by atoms with Crippen LogP contribution in [0.25, 0.3) is 6.08 Å². The van der Waals surface area contributed by atoms with Gasteiger partial charge in [0.05, 0.1) is 5.54 Å². The van der Waals surface area contributed by atoms with Crippen LogP contribution in [0.3, 0.4) is 0 Å². The molecule has 0 spiro atoms. The highest BCUT2D eigenvalue weighted by atomic mass is 16.6. The highest BCUT2D eigenvalue weighted by molar-refractivity contribution is 5.76. The van der Waals surface area contributed by atoms with E-state index in [1.807, 2.05) is 55.2 Å². The number of amides is 1. The van der Waals surface area contributed by atoms with Gasteiger partial charge in [-0.1, -0.05) is 43.7 Å². The molecule has 1 heterocycles. The summed E-state index contributed by atoms with van der Waals surface area (Å²) in [6, 6.07) is 9.94. The molecule has 1 aliphatic heterocycles. The quantitative estimate of drug-likeness (QED) is 0.816. The first-order valence-corrected chi connectivity index (χ1v) is 6.82. The first kappa shape index (κ1) is 13.7. The van der Waals surface area contributed by atoms with Gasteiger partial charge in [-0.25, -0.2) is 4.79 Å². The number of carbonyl (C=O) groups is 1. The van der Waals surface area contributed by atoms with Crippen molar-refractivity contribution in [3.63, 3.8) is 0 Å². The Hall–Kier alpha value is -1.77. The fourth-order valence-electron chi connectivity index (χ4n) is 2.23. The number of rotatable bonds is 4. The van der Waals surface area contributed by atoms with Crippen LogP contribution in [0.5, 0.6) is 0 Å². The molecule has 1 aromatic carbocycles. The SMILES string of the molecule is CCCCN1C(=O)O/C(=C\c2ccccc2)C1(C)C. The molecule has 3 nitrogen and oxygen atoms in total. The summed E-state index contributed by atoms with van der Waals surface area (Å²) in [6.07, 6.45) is 3.78. The molecule has 0 unspecified atom stereocenters. The van der Waals surface area contributed by atoms with Crippen LogP contribution in [0, 0.1) is 0 Å². The highest BCUT2D eigenvalue weighted by Crippen LogP contribution is 2.34. The average Bonchev–Trinajstić information content (AvgIpc) is 2.59. The maximum Gasteiger partial charge on any atom is 0.415 e. The number of nitrogens with zero attached hydrogens (tertiary/aromatic N) is 1. The molecular formula is C16H21NO2. The molecule has 1 saturated heterocycles. The Labute approximate surface area is 114 Å². The molecule has 1 aliphatic rings. The maximum absolute atomic E-state index is 12.0. The lowest BCUT2D eigenvalue weighted by Crippen LogP contribution is -2.41. The number of unbranched alkanes of at least 4 members (excludes halogenated alkanes) is 1. The van der Waals surface area contributed by atoms with E-state index >= 15 is 0 Å². The standard InChI is InChI=1S/C16H21NO2/c1-4-5-11-17-15(18)19-14(16(17,2)3)12-13-9-7-6-8-10-13/h6-10,12H,4-5,11H2,1-3H3/b14-12-. The molecule has 1 aromatic rings. The van der Waals surface area contributed by atoms with E-state index in [1.165, 1.54) is 0 Å². The minimum atomic E-state index is -0.373. The van der Waals surface area contributed by atoms with Gasteiger partial charge in [-0.2, -0.15) is 0 Å². The van der Waals surface area contributed by atoms with Gasteiger partial charge in [0.15, 0.2) is 0 Å². The summed E-state index contributed by atoms with van der Waals surface area (Å²) < 4.78 is 5.44. The van der Waals surface area contributed by atoms with Crippen molar-refractivity contribution < 1.29 is 9.53 Å². The van der Waals surface area contributed by atoms with Crippen LogP contribution in [0.1, 0.15) is 39.2 Å². The summed E-state index contributed by atoms with van der Waals surface area (Å²) in [4.78, 5) is 13.8. The van der Waals surface area contributed by atoms with Crippen molar-refractivity contribution in [3.05, 3.63) is 41.7 Å². The lowest BCUT2D eigenvalue weighted by atomic mass is 9.99. The molecule has 0 atom stereocenters. The third-order valence-electron chi connectivity index (χ3n) is 3.53. The predicted octanol–water partition coefficient (Wildman–Crippen LogP) is 4.06. The number of benzene rings is 1. The summed E-state index contributed by atoms with van der Waals surface area (Å²) in [7, 11) is 0. The summed E-state index contributed by atoms with van der Waals surface area (Å²) in [6.45, 7) is 6.92. The van der Waals surface area contributed by atoms with Gasteiger partial charge in [-0.15, -0.1) is 0 Å². The highest BCUT2D eigenvalue weighted by Gasteiger charge is 2.44. The van der Waals surface area contributed by atoms with Crippen LogP contribution in [0.4, 0.5) is 4.79 Å². The zero-order valence-electron chi connectivity index (χ0n) is 11.8. The van der Waals surface area contributed by atoms with Crippen molar-refractivity contribution in [2.45, 2.75) is 39.2 Å². The van der Waals surface area contributed by atoms with E-state index < -0.39 is 0 Å². The number of hydrogen-bond acceptors (Lipinski definition) is 2. The van der Waals surface area contributed by atoms with E-state index in [0.717, 1.165) is 30.7 Å². The summed E-state index contributed by atoms with van der Waals surface area (Å²) in [5.74, 6) is 0.722. The summed E-state index contributed by atoms with van der Waals surface area (Å²) in [5.41, 5.74) is 0.679. The molecule has 1 fully saturated rings. The van der Waals surface area contributed by atoms with Gasteiger partial charge in [0.1, 0.15) is 5.76 Å². The zero-order chi connectivity index (χ0) is 13.9. The Bertz CT molecular complexity index is 477. The molecule has 0 aromatic heterocycles. The van der Waals surface area contributed by atoms with E-state index in [4.69, 9.17) is 4.74 Å². The Kier molecular flexibility index (Phi) is 3.93. The molecule has 2 rings (SSSR count). The molecule has 19 heavy (non-hydrogen) atoms. The zero-order valence-corrected chi connectivity index (χ0v) is 11.8. The van der Waals surface area contributed by atoms with E-state index in [1.54, 1.807) is 0 Å². The molecule has 0 aliphatic carbocycles. The molecule has 3 heteroatoms. The molecule has 102 valence electrons. The maximum atomic E-state index is 12.0. The third-order valence-corrected chi connectivity index (χ3v) is 3.53. The predicted molar refractivity (Wildman–Crippen MR) is 76.6 cm³/mol. The molecule has 0 bridgehead atoms. The second kappa shape index (κ2) is 5.47. The smallest absolute Gasteiger partial charge is 0.412 e. The first-order chi connectivity index (χ1) is 9.05. The first-order valence-electron chi connectivity index (χ1n) is 6.82. The van der Waals surface area contributed by atoms with Crippen molar-refractivity contribution in [2.24, 2.45) is 0 Å². The summed E-state index contributed by atoms with van der Waals surface area (Å²) >= 11 is 0. The largest absolute Gasteiger partial charge is 0.415 e. The van der Waals surface area contributed by atoms with Gasteiger partial charge in [0, 0.05) is 6.54 Å². The molecule has 0 radical (unpaired) electrons. The molecular weight excluding hydrogens is 238 g/mol. The molecule has 0 N–H and O–H groups in total. The minimum absolute atomic E-state index is 0.236. The molecule has 0 saturated carbocycles. The van der Waals surface area contributed by atoms with Crippen LogP contribution in [-0.2, 0) is 4.74 Å². The number of carbonyl (C=O) groups excluding carboxylic acids is 1. The van der Waals surface area contributed by atoms with Gasteiger partial charge in [-0.05, 0) is 31.9 Å². The van der Waals surface area contributed by atoms with E-state index in [9.17, 15) is 4.79 Å². The fourth-order valence-corrected chi connectivity index (χ4v) is 2.23. The van der Waals surface area contributed by atoms with E-state index in [0.29, 0.717) is 0 Å². The lowest BCUT2D eigenvalue weighted by Gasteiger charge is -2.28. The average molecular weight is 259 g/mol. The van der Waals surface area contributed by atoms with Crippen LogP contribution in [0.2, 0.25) is 0 Å².